The number of hydrogen-bond donors (Lipinski definition) is 2. The van der Waals surface area contributed by atoms with Gasteiger partial charge in [-0.25, -0.2) is 4.79 Å². The summed E-state index contributed by atoms with van der Waals surface area (Å²) in [6, 6.07) is 6.52. The number of carbonyl (C=O) groups excluding carboxylic acids is 3. The fraction of sp³-hybridized carbons (Fsp3) is 0.312. The first-order valence-electron chi connectivity index (χ1n) is 6.92. The number of nitrogens with one attached hydrogen (secondary N) is 2. The van der Waals surface area contributed by atoms with E-state index in [0.717, 1.165) is 5.57 Å². The van der Waals surface area contributed by atoms with Gasteiger partial charge >= 0.3 is 5.97 Å². The van der Waals surface area contributed by atoms with Gasteiger partial charge in [0.05, 0.1) is 0 Å². The maximum Gasteiger partial charge on any atom is 0.331 e. The Morgan fingerprint density at radius 3 is 2.59 bits per heavy atom. The minimum atomic E-state index is -0.564. The summed E-state index contributed by atoms with van der Waals surface area (Å²) in [4.78, 5) is 34.7. The van der Waals surface area contributed by atoms with Crippen molar-refractivity contribution in [2.24, 2.45) is 0 Å². The van der Waals surface area contributed by atoms with Crippen LogP contribution in [0.4, 0.5) is 5.69 Å². The molecule has 22 heavy (non-hydrogen) atoms. The average molecular weight is 304 g/mol. The second kappa shape index (κ2) is 8.61. The van der Waals surface area contributed by atoms with Crippen molar-refractivity contribution in [3.63, 3.8) is 0 Å². The molecule has 0 heterocycles. The molecule has 0 saturated carbocycles. The fourth-order valence-corrected chi connectivity index (χ4v) is 1.61. The van der Waals surface area contributed by atoms with Crippen LogP contribution in [0.2, 0.25) is 0 Å². The molecule has 0 atom stereocenters. The molecular formula is C16H20N2O4. The predicted molar refractivity (Wildman–Crippen MR) is 83.5 cm³/mol. The predicted octanol–water partition coefficient (Wildman–Crippen LogP) is 1.88. The van der Waals surface area contributed by atoms with Crippen molar-refractivity contribution in [2.75, 3.05) is 18.5 Å². The first kappa shape index (κ1) is 17.4. The van der Waals surface area contributed by atoms with Gasteiger partial charge in [-0.05, 0) is 39.0 Å². The maximum atomic E-state index is 11.7. The minimum absolute atomic E-state index is 0.214. The van der Waals surface area contributed by atoms with Crippen molar-refractivity contribution < 1.29 is 19.1 Å². The van der Waals surface area contributed by atoms with Crippen molar-refractivity contribution in [2.45, 2.75) is 20.8 Å². The van der Waals surface area contributed by atoms with Gasteiger partial charge in [-0.2, -0.15) is 0 Å². The van der Waals surface area contributed by atoms with Crippen LogP contribution in [-0.4, -0.2) is 30.9 Å². The van der Waals surface area contributed by atoms with Crippen molar-refractivity contribution >= 4 is 23.5 Å². The summed E-state index contributed by atoms with van der Waals surface area (Å²) >= 11 is 0. The number of hydrogen-bond acceptors (Lipinski definition) is 4. The van der Waals surface area contributed by atoms with Crippen LogP contribution in [0.15, 0.2) is 35.9 Å². The molecule has 118 valence electrons. The van der Waals surface area contributed by atoms with Crippen molar-refractivity contribution in [3.05, 3.63) is 41.5 Å². The Bertz CT molecular complexity index is 590. The zero-order chi connectivity index (χ0) is 16.5. The quantitative estimate of drug-likeness (QED) is 0.621. The highest BCUT2D eigenvalue weighted by molar-refractivity contribution is 5.98. The second-order valence-corrected chi connectivity index (χ2v) is 4.82. The maximum absolute atomic E-state index is 11.7. The third-order valence-electron chi connectivity index (χ3n) is 2.50. The van der Waals surface area contributed by atoms with Crippen LogP contribution in [0, 0.1) is 0 Å². The van der Waals surface area contributed by atoms with Gasteiger partial charge in [0.25, 0.3) is 11.8 Å². The van der Waals surface area contributed by atoms with E-state index >= 15 is 0 Å². The summed E-state index contributed by atoms with van der Waals surface area (Å²) < 4.78 is 4.80. The SMILES string of the molecule is CCNC(=O)c1cccc(NC(=O)COC(=O)C=C(C)C)c1. The zero-order valence-corrected chi connectivity index (χ0v) is 12.9. The number of amides is 2. The highest BCUT2D eigenvalue weighted by atomic mass is 16.5. The number of carbonyl (C=O) groups is 3. The lowest BCUT2D eigenvalue weighted by Crippen LogP contribution is -2.23. The van der Waals surface area contributed by atoms with Gasteiger partial charge in [-0.3, -0.25) is 9.59 Å². The van der Waals surface area contributed by atoms with Gasteiger partial charge in [0.1, 0.15) is 0 Å². The topological polar surface area (TPSA) is 84.5 Å². The third-order valence-corrected chi connectivity index (χ3v) is 2.50. The van der Waals surface area contributed by atoms with Crippen LogP contribution in [0.3, 0.4) is 0 Å². The van der Waals surface area contributed by atoms with E-state index in [9.17, 15) is 14.4 Å². The molecule has 0 spiro atoms. The molecule has 1 aromatic rings. The van der Waals surface area contributed by atoms with Gasteiger partial charge in [0.15, 0.2) is 6.61 Å². The van der Waals surface area contributed by atoms with Gasteiger partial charge in [-0.15, -0.1) is 0 Å². The summed E-state index contributed by atoms with van der Waals surface area (Å²) in [5.74, 6) is -1.25. The summed E-state index contributed by atoms with van der Waals surface area (Å²) in [6.45, 7) is 5.48. The Labute approximate surface area is 129 Å². The summed E-state index contributed by atoms with van der Waals surface area (Å²) in [5.41, 5.74) is 1.70. The van der Waals surface area contributed by atoms with Crippen LogP contribution in [-0.2, 0) is 14.3 Å². The molecule has 2 N–H and O–H groups in total. The molecule has 0 unspecified atom stereocenters. The number of benzene rings is 1. The van der Waals surface area contributed by atoms with Gasteiger partial charge in [0.2, 0.25) is 0 Å². The summed E-state index contributed by atoms with van der Waals surface area (Å²) in [5, 5.41) is 5.24. The lowest BCUT2D eigenvalue weighted by molar-refractivity contribution is -0.142. The molecule has 6 heteroatoms. The Balaban J connectivity index is 2.58. The smallest absolute Gasteiger partial charge is 0.331 e. The monoisotopic (exact) mass is 304 g/mol. The molecule has 1 aromatic carbocycles. The molecule has 0 aliphatic heterocycles. The summed E-state index contributed by atoms with van der Waals surface area (Å²) in [7, 11) is 0. The van der Waals surface area contributed by atoms with Crippen molar-refractivity contribution in [1.29, 1.82) is 0 Å². The standard InChI is InChI=1S/C16H20N2O4/c1-4-17-16(21)12-6-5-7-13(9-12)18-14(19)10-22-15(20)8-11(2)3/h5-9H,4,10H2,1-3H3,(H,17,21)(H,18,19). The minimum Gasteiger partial charge on any atom is -0.452 e. The van der Waals surface area contributed by atoms with E-state index in [4.69, 9.17) is 4.74 Å². The van der Waals surface area contributed by atoms with Crippen LogP contribution in [0.5, 0.6) is 0 Å². The van der Waals surface area contributed by atoms with Crippen molar-refractivity contribution in [3.8, 4) is 0 Å². The Morgan fingerprint density at radius 2 is 1.95 bits per heavy atom. The van der Waals surface area contributed by atoms with E-state index in [1.165, 1.54) is 6.08 Å². The largest absolute Gasteiger partial charge is 0.452 e. The second-order valence-electron chi connectivity index (χ2n) is 4.82. The summed E-state index contributed by atoms with van der Waals surface area (Å²) in [6.07, 6.45) is 1.31. The highest BCUT2D eigenvalue weighted by Crippen LogP contribution is 2.10. The Kier molecular flexibility index (Phi) is 6.82. The number of allylic oxidation sites excluding steroid dienone is 1. The molecule has 0 aliphatic rings. The normalized spacial score (nSPS) is 9.59. The van der Waals surface area contributed by atoms with E-state index in [2.05, 4.69) is 10.6 Å². The molecule has 0 bridgehead atoms. The molecule has 0 aliphatic carbocycles. The first-order chi connectivity index (χ1) is 10.4. The molecular weight excluding hydrogens is 284 g/mol. The molecule has 2 amide bonds. The van der Waals surface area contributed by atoms with Gasteiger partial charge in [-0.1, -0.05) is 11.6 Å². The van der Waals surface area contributed by atoms with Crippen LogP contribution in [0.25, 0.3) is 0 Å². The van der Waals surface area contributed by atoms with E-state index in [0.29, 0.717) is 17.8 Å². The van der Waals surface area contributed by atoms with E-state index < -0.39 is 11.9 Å². The molecule has 0 aromatic heterocycles. The third kappa shape index (κ3) is 6.21. The van der Waals surface area contributed by atoms with Crippen LogP contribution in [0.1, 0.15) is 31.1 Å². The molecule has 0 saturated heterocycles. The van der Waals surface area contributed by atoms with Gasteiger partial charge < -0.3 is 15.4 Å². The first-order valence-corrected chi connectivity index (χ1v) is 6.92. The molecule has 1 rings (SSSR count). The van der Waals surface area contributed by atoms with Gasteiger partial charge in [0, 0.05) is 23.9 Å². The lowest BCUT2D eigenvalue weighted by Gasteiger charge is -2.07. The number of rotatable bonds is 6. The molecule has 0 radical (unpaired) electrons. The Hall–Kier alpha value is -2.63. The fourth-order valence-electron chi connectivity index (χ4n) is 1.61. The number of esters is 1. The Morgan fingerprint density at radius 1 is 1.23 bits per heavy atom. The van der Waals surface area contributed by atoms with E-state index in [1.54, 1.807) is 38.1 Å². The number of ether oxygens (including phenoxy) is 1. The molecule has 0 fully saturated rings. The van der Waals surface area contributed by atoms with Crippen LogP contribution >= 0.6 is 0 Å². The lowest BCUT2D eigenvalue weighted by atomic mass is 10.2. The average Bonchev–Trinajstić information content (AvgIpc) is 2.45. The van der Waals surface area contributed by atoms with E-state index in [-0.39, 0.29) is 12.5 Å². The molecule has 6 nitrogen and oxygen atoms in total. The number of anilines is 1. The highest BCUT2D eigenvalue weighted by Gasteiger charge is 2.08. The van der Waals surface area contributed by atoms with Crippen molar-refractivity contribution in [1.82, 2.24) is 5.32 Å². The zero-order valence-electron chi connectivity index (χ0n) is 12.9. The van der Waals surface area contributed by atoms with Crippen LogP contribution < -0.4 is 10.6 Å². The van der Waals surface area contributed by atoms with E-state index in [1.807, 2.05) is 6.92 Å².